The van der Waals surface area contributed by atoms with E-state index in [0.717, 1.165) is 25.7 Å². The summed E-state index contributed by atoms with van der Waals surface area (Å²) in [5.41, 5.74) is 3.10. The predicted octanol–water partition coefficient (Wildman–Crippen LogP) is 3.20. The van der Waals surface area contributed by atoms with Gasteiger partial charge in [-0.1, -0.05) is 26.6 Å². The normalized spacial score (nSPS) is 26.1. The lowest BCUT2D eigenvalue weighted by molar-refractivity contribution is -0.152. The number of carbonyl (C=O) groups excluding carboxylic acids is 2. The fourth-order valence-corrected chi connectivity index (χ4v) is 3.45. The van der Waals surface area contributed by atoms with Crippen molar-refractivity contribution in [1.82, 2.24) is 0 Å². The van der Waals surface area contributed by atoms with Crippen LogP contribution in [-0.4, -0.2) is 26.9 Å². The van der Waals surface area contributed by atoms with Gasteiger partial charge in [-0.3, -0.25) is 9.59 Å². The van der Waals surface area contributed by atoms with Gasteiger partial charge in [0.05, 0.1) is 7.11 Å². The van der Waals surface area contributed by atoms with Crippen LogP contribution in [0.3, 0.4) is 0 Å². The number of ketones is 1. The maximum absolute atomic E-state index is 11.9. The van der Waals surface area contributed by atoms with Crippen LogP contribution in [0.4, 0.5) is 0 Å². The van der Waals surface area contributed by atoms with Crippen LogP contribution in [0.2, 0.25) is 19.6 Å². The summed E-state index contributed by atoms with van der Waals surface area (Å²) >= 11 is 0. The molecule has 1 unspecified atom stereocenters. The van der Waals surface area contributed by atoms with Crippen molar-refractivity contribution in [2.24, 2.45) is 11.3 Å². The molecule has 0 radical (unpaired) electrons. The molecule has 0 heterocycles. The first kappa shape index (κ1) is 17.0. The molecule has 2 atom stereocenters. The lowest BCUT2D eigenvalue weighted by Crippen LogP contribution is -2.33. The summed E-state index contributed by atoms with van der Waals surface area (Å²) in [6, 6.07) is 0. The number of ether oxygens (including phenoxy) is 1. The van der Waals surface area contributed by atoms with E-state index in [1.165, 1.54) is 7.11 Å². The molecule has 0 saturated heterocycles. The summed E-state index contributed by atoms with van der Waals surface area (Å²) < 4.78 is 4.79. The summed E-state index contributed by atoms with van der Waals surface area (Å²) in [5, 5.41) is 0. The highest BCUT2D eigenvalue weighted by Crippen LogP contribution is 2.45. The van der Waals surface area contributed by atoms with Gasteiger partial charge in [-0.2, -0.15) is 0 Å². The number of esters is 1. The summed E-state index contributed by atoms with van der Waals surface area (Å²) in [4.78, 5) is 23.7. The first-order valence-corrected chi connectivity index (χ1v) is 10.8. The van der Waals surface area contributed by atoms with Crippen LogP contribution >= 0.6 is 0 Å². The molecule has 0 amide bonds. The van der Waals surface area contributed by atoms with Crippen molar-refractivity contribution in [1.29, 1.82) is 0 Å². The Labute approximate surface area is 123 Å². The van der Waals surface area contributed by atoms with Crippen molar-refractivity contribution in [2.45, 2.75) is 58.7 Å². The molecule has 20 heavy (non-hydrogen) atoms. The Morgan fingerprint density at radius 2 is 2.10 bits per heavy atom. The van der Waals surface area contributed by atoms with E-state index < -0.39 is 14.0 Å². The Balaban J connectivity index is 2.58. The number of methoxy groups -OCH3 is 1. The molecule has 4 heteroatoms. The number of unbranched alkanes of at least 4 members (excludes halogenated alkanes) is 1. The number of hydrogen-bond donors (Lipinski definition) is 0. The van der Waals surface area contributed by atoms with E-state index in [-0.39, 0.29) is 17.2 Å². The van der Waals surface area contributed by atoms with Crippen LogP contribution in [0.15, 0.2) is 0 Å². The Hall–Kier alpha value is -1.08. The predicted molar refractivity (Wildman–Crippen MR) is 82.8 cm³/mol. The van der Waals surface area contributed by atoms with Gasteiger partial charge >= 0.3 is 5.97 Å². The van der Waals surface area contributed by atoms with Gasteiger partial charge in [0.2, 0.25) is 0 Å². The van der Waals surface area contributed by atoms with E-state index in [9.17, 15) is 9.59 Å². The fourth-order valence-electron chi connectivity index (χ4n) is 2.80. The second kappa shape index (κ2) is 6.58. The van der Waals surface area contributed by atoms with Crippen LogP contribution in [0.25, 0.3) is 0 Å². The lowest BCUT2D eigenvalue weighted by atomic mass is 9.75. The van der Waals surface area contributed by atoms with Crippen molar-refractivity contribution < 1.29 is 14.3 Å². The Kier molecular flexibility index (Phi) is 5.58. The van der Waals surface area contributed by atoms with Gasteiger partial charge in [0.1, 0.15) is 19.8 Å². The first-order valence-electron chi connectivity index (χ1n) is 7.30. The molecule has 1 rings (SSSR count). The van der Waals surface area contributed by atoms with E-state index in [1.54, 1.807) is 0 Å². The number of rotatable bonds is 4. The molecule has 1 saturated carbocycles. The molecular formula is C16H26O3Si. The zero-order chi connectivity index (χ0) is 15.4. The van der Waals surface area contributed by atoms with Gasteiger partial charge in [-0.15, -0.1) is 11.5 Å². The number of carbonyl (C=O) groups is 2. The van der Waals surface area contributed by atoms with E-state index in [1.807, 2.05) is 6.92 Å². The third-order valence-corrected chi connectivity index (χ3v) is 4.84. The maximum atomic E-state index is 11.9. The molecule has 1 aliphatic carbocycles. The minimum atomic E-state index is -1.29. The summed E-state index contributed by atoms with van der Waals surface area (Å²) in [6.07, 6.45) is 3.93. The molecule has 3 nitrogen and oxygen atoms in total. The van der Waals surface area contributed by atoms with Gasteiger partial charge in [-0.25, -0.2) is 0 Å². The molecule has 0 aliphatic heterocycles. The first-order chi connectivity index (χ1) is 9.19. The Morgan fingerprint density at radius 1 is 1.45 bits per heavy atom. The maximum Gasteiger partial charge on any atom is 0.316 e. The van der Waals surface area contributed by atoms with Gasteiger partial charge in [0.25, 0.3) is 0 Å². The highest BCUT2D eigenvalue weighted by Gasteiger charge is 2.48. The Bertz CT molecular complexity index is 439. The molecule has 0 N–H and O–H groups in total. The van der Waals surface area contributed by atoms with Gasteiger partial charge in [0, 0.05) is 12.8 Å². The van der Waals surface area contributed by atoms with Crippen molar-refractivity contribution in [3.05, 3.63) is 0 Å². The minimum Gasteiger partial charge on any atom is -0.468 e. The van der Waals surface area contributed by atoms with Crippen LogP contribution in [0.1, 0.15) is 39.0 Å². The Morgan fingerprint density at radius 3 is 2.65 bits per heavy atom. The van der Waals surface area contributed by atoms with E-state index >= 15 is 0 Å². The van der Waals surface area contributed by atoms with Crippen molar-refractivity contribution in [3.8, 4) is 11.5 Å². The van der Waals surface area contributed by atoms with Gasteiger partial charge in [-0.05, 0) is 24.7 Å². The monoisotopic (exact) mass is 294 g/mol. The molecule has 0 aromatic carbocycles. The molecule has 0 bridgehead atoms. The smallest absolute Gasteiger partial charge is 0.316 e. The quantitative estimate of drug-likeness (QED) is 0.263. The molecule has 0 spiro atoms. The highest BCUT2D eigenvalue weighted by atomic mass is 28.3. The third kappa shape index (κ3) is 4.48. The number of Topliss-reactive ketones (excluding diaryl/α,β-unsaturated/α-hetero) is 1. The summed E-state index contributed by atoms with van der Waals surface area (Å²) in [7, 11) is 0.0601. The standard InChI is InChI=1S/C16H26O3Si/c1-16(10-7-6-8-12-20(3,4)5)11-9-13(17)14(16)15(18)19-2/h14H,6-7,9-11H2,1-5H3/t14?,16-/m0/s1. The zero-order valence-corrected chi connectivity index (χ0v) is 14.3. The van der Waals surface area contributed by atoms with Crippen LogP contribution in [-0.2, 0) is 14.3 Å². The van der Waals surface area contributed by atoms with E-state index in [2.05, 4.69) is 31.1 Å². The summed E-state index contributed by atoms with van der Waals surface area (Å²) in [6.45, 7) is 8.71. The van der Waals surface area contributed by atoms with Crippen LogP contribution in [0.5, 0.6) is 0 Å². The zero-order valence-electron chi connectivity index (χ0n) is 13.3. The second-order valence-corrected chi connectivity index (χ2v) is 11.7. The summed E-state index contributed by atoms with van der Waals surface area (Å²) in [5.74, 6) is 2.34. The molecule has 1 fully saturated rings. The van der Waals surface area contributed by atoms with Crippen molar-refractivity contribution in [2.75, 3.05) is 7.11 Å². The third-order valence-electron chi connectivity index (χ3n) is 3.91. The van der Waals surface area contributed by atoms with E-state index in [0.29, 0.717) is 6.42 Å². The van der Waals surface area contributed by atoms with E-state index in [4.69, 9.17) is 4.74 Å². The SMILES string of the molecule is COC(=O)C1C(=O)CC[C@]1(C)CCCC#C[Si](C)(C)C. The fraction of sp³-hybridized carbons (Fsp3) is 0.750. The average molecular weight is 294 g/mol. The van der Waals surface area contributed by atoms with Crippen LogP contribution in [0, 0.1) is 22.8 Å². The molecule has 0 aromatic heterocycles. The topological polar surface area (TPSA) is 43.4 Å². The minimum absolute atomic E-state index is 0.0348. The molecule has 112 valence electrons. The van der Waals surface area contributed by atoms with Crippen LogP contribution < -0.4 is 0 Å². The molecule has 1 aliphatic rings. The lowest BCUT2D eigenvalue weighted by Gasteiger charge is -2.28. The highest BCUT2D eigenvalue weighted by molar-refractivity contribution is 6.83. The molecule has 0 aromatic rings. The second-order valence-electron chi connectivity index (χ2n) is 6.98. The van der Waals surface area contributed by atoms with Gasteiger partial charge in [0.15, 0.2) is 0 Å². The van der Waals surface area contributed by atoms with Crippen molar-refractivity contribution >= 4 is 19.8 Å². The molecular weight excluding hydrogens is 268 g/mol. The largest absolute Gasteiger partial charge is 0.468 e. The number of hydrogen-bond acceptors (Lipinski definition) is 3. The average Bonchev–Trinajstić information content (AvgIpc) is 2.63. The van der Waals surface area contributed by atoms with Crippen molar-refractivity contribution in [3.63, 3.8) is 0 Å². The van der Waals surface area contributed by atoms with Gasteiger partial charge < -0.3 is 4.74 Å².